The van der Waals surface area contributed by atoms with Crippen molar-refractivity contribution in [3.63, 3.8) is 0 Å². The van der Waals surface area contributed by atoms with Crippen LogP contribution in [0.5, 0.6) is 0 Å². The van der Waals surface area contributed by atoms with Crippen LogP contribution in [0.2, 0.25) is 0 Å². The van der Waals surface area contributed by atoms with Crippen molar-refractivity contribution in [3.8, 4) is 0 Å². The van der Waals surface area contributed by atoms with Gasteiger partial charge in [0.1, 0.15) is 24.2 Å². The second kappa shape index (κ2) is 11.7. The first kappa shape index (κ1) is 26.0. The molecule has 34 heavy (non-hydrogen) atoms. The summed E-state index contributed by atoms with van der Waals surface area (Å²) >= 11 is 0. The molecule has 3 heterocycles. The molecule has 5 atom stereocenters. The third-order valence-corrected chi connectivity index (χ3v) is 7.26. The zero-order chi connectivity index (χ0) is 24.8. The Labute approximate surface area is 201 Å². The smallest absolute Gasteiger partial charge is 0.293 e. The third-order valence-electron chi connectivity index (χ3n) is 7.26. The molecule has 0 radical (unpaired) electrons. The maximum absolute atomic E-state index is 13.5. The monoisotopic (exact) mass is 478 g/mol. The van der Waals surface area contributed by atoms with Crippen molar-refractivity contribution in [2.24, 2.45) is 0 Å². The van der Waals surface area contributed by atoms with Crippen molar-refractivity contribution in [3.05, 3.63) is 0 Å². The predicted molar refractivity (Wildman–Crippen MR) is 123 cm³/mol. The van der Waals surface area contributed by atoms with Crippen LogP contribution in [-0.4, -0.2) is 94.7 Å². The second-order valence-corrected chi connectivity index (χ2v) is 9.79. The maximum Gasteiger partial charge on any atom is 0.293 e. The maximum atomic E-state index is 13.5. The molecule has 0 aromatic rings. The molecular formula is C24H38N4O6. The van der Waals surface area contributed by atoms with E-state index in [1.165, 1.54) is 0 Å². The molecule has 10 nitrogen and oxygen atoms in total. The highest BCUT2D eigenvalue weighted by Crippen LogP contribution is 2.26. The van der Waals surface area contributed by atoms with Crippen LogP contribution in [0, 0.1) is 0 Å². The minimum Gasteiger partial charge on any atom is -0.464 e. The molecule has 3 aliphatic heterocycles. The average Bonchev–Trinajstić information content (AvgIpc) is 3.47. The Morgan fingerprint density at radius 2 is 1.56 bits per heavy atom. The van der Waals surface area contributed by atoms with Gasteiger partial charge in [-0.05, 0) is 65.7 Å². The number of amides is 4. The largest absolute Gasteiger partial charge is 0.464 e. The Balaban J connectivity index is 1.64. The topological polar surface area (TPSA) is 116 Å². The first-order chi connectivity index (χ1) is 16.2. The average molecular weight is 479 g/mol. The van der Waals surface area contributed by atoms with Crippen LogP contribution < -0.4 is 5.32 Å². The van der Waals surface area contributed by atoms with E-state index >= 15 is 0 Å². The number of carbonyl (C=O) groups is 5. The molecular weight excluding hydrogens is 440 g/mol. The van der Waals surface area contributed by atoms with E-state index in [1.807, 2.05) is 11.8 Å². The number of hydrogen-bond acceptors (Lipinski definition) is 6. The summed E-state index contributed by atoms with van der Waals surface area (Å²) in [5.41, 5.74) is 0. The Morgan fingerprint density at radius 1 is 0.912 bits per heavy atom. The lowest BCUT2D eigenvalue weighted by molar-refractivity contribution is -0.151. The van der Waals surface area contributed by atoms with Crippen molar-refractivity contribution >= 4 is 30.1 Å². The highest BCUT2D eigenvalue weighted by Gasteiger charge is 2.42. The number of rotatable bonds is 8. The van der Waals surface area contributed by atoms with Gasteiger partial charge in [-0.3, -0.25) is 24.0 Å². The van der Waals surface area contributed by atoms with Gasteiger partial charge in [-0.15, -0.1) is 0 Å². The summed E-state index contributed by atoms with van der Waals surface area (Å²) in [7, 11) is 0. The molecule has 0 saturated carbocycles. The summed E-state index contributed by atoms with van der Waals surface area (Å²) < 4.78 is 4.82. The van der Waals surface area contributed by atoms with Gasteiger partial charge in [0.05, 0.1) is 6.42 Å². The van der Waals surface area contributed by atoms with Crippen LogP contribution >= 0.6 is 0 Å². The minimum absolute atomic E-state index is 0.0149. The molecule has 5 unspecified atom stereocenters. The molecule has 0 aromatic carbocycles. The fraction of sp³-hybridized carbons (Fsp3) is 0.792. The van der Waals surface area contributed by atoms with Crippen molar-refractivity contribution in [1.29, 1.82) is 0 Å². The highest BCUT2D eigenvalue weighted by molar-refractivity contribution is 5.94. The van der Waals surface area contributed by atoms with Gasteiger partial charge in [-0.2, -0.15) is 0 Å². The third kappa shape index (κ3) is 5.88. The number of likely N-dealkylation sites (tertiary alicyclic amines) is 3. The standard InChI is InChI=1S/C24H38N4O6/c1-16-8-6-12-26(16)23(32)18(3)25-22(31)19-9-4-5-11-28(19)24(33)20-10-7-13-27(20)21(30)14-17(2)34-15-29/h15-20H,4-14H2,1-3H3,(H,25,31). The lowest BCUT2D eigenvalue weighted by Gasteiger charge is -2.38. The molecule has 3 fully saturated rings. The summed E-state index contributed by atoms with van der Waals surface area (Å²) in [6, 6.07) is -1.75. The fourth-order valence-corrected chi connectivity index (χ4v) is 5.37. The normalized spacial score (nSPS) is 26.7. The Kier molecular flexibility index (Phi) is 8.90. The van der Waals surface area contributed by atoms with Crippen LogP contribution in [-0.2, 0) is 28.7 Å². The van der Waals surface area contributed by atoms with Crippen LogP contribution in [0.1, 0.15) is 72.1 Å². The molecule has 3 rings (SSSR count). The molecule has 4 amide bonds. The number of hydrogen-bond donors (Lipinski definition) is 1. The summed E-state index contributed by atoms with van der Waals surface area (Å²) in [6.07, 6.45) is 4.77. The highest BCUT2D eigenvalue weighted by atomic mass is 16.5. The van der Waals surface area contributed by atoms with E-state index in [0.29, 0.717) is 45.4 Å². The van der Waals surface area contributed by atoms with E-state index in [1.54, 1.807) is 23.6 Å². The number of carbonyl (C=O) groups excluding carboxylic acids is 5. The van der Waals surface area contributed by atoms with E-state index in [4.69, 9.17) is 4.74 Å². The van der Waals surface area contributed by atoms with Gasteiger partial charge in [0, 0.05) is 25.7 Å². The second-order valence-electron chi connectivity index (χ2n) is 9.79. The van der Waals surface area contributed by atoms with Crippen molar-refractivity contribution < 1.29 is 28.7 Å². The van der Waals surface area contributed by atoms with Gasteiger partial charge >= 0.3 is 0 Å². The van der Waals surface area contributed by atoms with Gasteiger partial charge < -0.3 is 24.8 Å². The molecule has 0 bridgehead atoms. The SMILES string of the molecule is CC(CC(=O)N1CCCC1C(=O)N1CCCCC1C(=O)NC(C)C(=O)N1CCCC1C)OC=O. The molecule has 1 N–H and O–H groups in total. The Morgan fingerprint density at radius 3 is 2.24 bits per heavy atom. The molecule has 0 aliphatic carbocycles. The summed E-state index contributed by atoms with van der Waals surface area (Å²) in [6.45, 7) is 7.28. The van der Waals surface area contributed by atoms with Crippen LogP contribution in [0.3, 0.4) is 0 Å². The van der Waals surface area contributed by atoms with Crippen molar-refractivity contribution in [1.82, 2.24) is 20.0 Å². The minimum atomic E-state index is -0.657. The first-order valence-electron chi connectivity index (χ1n) is 12.5. The molecule has 3 saturated heterocycles. The summed E-state index contributed by atoms with van der Waals surface area (Å²) in [4.78, 5) is 67.7. The summed E-state index contributed by atoms with van der Waals surface area (Å²) in [5, 5.41) is 2.84. The van der Waals surface area contributed by atoms with Gasteiger partial charge in [0.2, 0.25) is 23.6 Å². The van der Waals surface area contributed by atoms with Gasteiger partial charge in [-0.1, -0.05) is 0 Å². The summed E-state index contributed by atoms with van der Waals surface area (Å²) in [5.74, 6) is -0.861. The van der Waals surface area contributed by atoms with Gasteiger partial charge in [-0.25, -0.2) is 0 Å². The van der Waals surface area contributed by atoms with Crippen molar-refractivity contribution in [2.75, 3.05) is 19.6 Å². The van der Waals surface area contributed by atoms with Crippen LogP contribution in [0.15, 0.2) is 0 Å². The van der Waals surface area contributed by atoms with E-state index in [0.717, 1.165) is 25.7 Å². The van der Waals surface area contributed by atoms with Crippen molar-refractivity contribution in [2.45, 2.75) is 102 Å². The quantitative estimate of drug-likeness (QED) is 0.517. The van der Waals surface area contributed by atoms with E-state index < -0.39 is 24.2 Å². The number of nitrogens with zero attached hydrogens (tertiary/aromatic N) is 3. The van der Waals surface area contributed by atoms with E-state index in [-0.39, 0.29) is 36.1 Å². The van der Waals surface area contributed by atoms with Crippen LogP contribution in [0.4, 0.5) is 0 Å². The zero-order valence-electron chi connectivity index (χ0n) is 20.5. The number of ether oxygens (including phenoxy) is 1. The van der Waals surface area contributed by atoms with Gasteiger partial charge in [0.15, 0.2) is 0 Å². The predicted octanol–water partition coefficient (Wildman–Crippen LogP) is 0.826. The number of piperidine rings is 1. The molecule has 0 aromatic heterocycles. The van der Waals surface area contributed by atoms with E-state index in [2.05, 4.69) is 5.32 Å². The first-order valence-corrected chi connectivity index (χ1v) is 12.5. The Bertz CT molecular complexity index is 789. The van der Waals surface area contributed by atoms with Gasteiger partial charge in [0.25, 0.3) is 6.47 Å². The Hall–Kier alpha value is -2.65. The number of nitrogens with one attached hydrogen (secondary N) is 1. The lowest BCUT2D eigenvalue weighted by atomic mass is 9.99. The van der Waals surface area contributed by atoms with E-state index in [9.17, 15) is 24.0 Å². The fourth-order valence-electron chi connectivity index (χ4n) is 5.37. The molecule has 190 valence electrons. The molecule has 10 heteroatoms. The lowest BCUT2D eigenvalue weighted by Crippen LogP contribution is -2.59. The van der Waals surface area contributed by atoms with Crippen LogP contribution in [0.25, 0.3) is 0 Å². The zero-order valence-corrected chi connectivity index (χ0v) is 20.5. The molecule has 3 aliphatic rings. The molecule has 0 spiro atoms.